The van der Waals surface area contributed by atoms with Crippen molar-refractivity contribution in [2.24, 2.45) is 0 Å². The summed E-state index contributed by atoms with van der Waals surface area (Å²) in [4.78, 5) is 1.09. The Labute approximate surface area is 148 Å². The van der Waals surface area contributed by atoms with E-state index >= 15 is 0 Å². The maximum atomic E-state index is 8.51. The van der Waals surface area contributed by atoms with Gasteiger partial charge in [-0.3, -0.25) is 0 Å². The molecule has 138 valence electrons. The van der Waals surface area contributed by atoms with Crippen LogP contribution in [-0.2, 0) is 23.1 Å². The normalized spacial score (nSPS) is 11.1. The smallest absolute Gasteiger partial charge is 0.0852 e. The summed E-state index contributed by atoms with van der Waals surface area (Å²) < 4.78 is 26.6. The van der Waals surface area contributed by atoms with Crippen LogP contribution in [0.25, 0.3) is 0 Å². The molecule has 0 amide bonds. The van der Waals surface area contributed by atoms with E-state index in [0.717, 1.165) is 4.90 Å². The zero-order valence-electron chi connectivity index (χ0n) is 14.3. The minimum atomic E-state index is 0.0405. The topological polar surface area (TPSA) is 66.4 Å². The van der Waals surface area contributed by atoms with Gasteiger partial charge in [-0.2, -0.15) is 0 Å². The minimum Gasteiger partial charge on any atom is -0.394 e. The Bertz CT molecular complexity index is 387. The summed E-state index contributed by atoms with van der Waals surface area (Å²) in [6, 6.07) is 8.20. The van der Waals surface area contributed by atoms with E-state index in [9.17, 15) is 0 Å². The van der Waals surface area contributed by atoms with Crippen molar-refractivity contribution in [3.63, 3.8) is 0 Å². The second kappa shape index (κ2) is 15.8. The van der Waals surface area contributed by atoms with Gasteiger partial charge in [0.15, 0.2) is 0 Å². The van der Waals surface area contributed by atoms with Crippen molar-refractivity contribution < 1.29 is 28.2 Å². The Morgan fingerprint density at radius 3 is 1.67 bits per heavy atom. The molecule has 1 rings (SSSR count). The number of rotatable bonds is 16. The number of aryl methyl sites for hydroxylation is 1. The highest BCUT2D eigenvalue weighted by Crippen LogP contribution is 2.18. The molecular formula is C17H28O6S. The van der Waals surface area contributed by atoms with E-state index in [4.69, 9.17) is 28.2 Å². The molecule has 1 aromatic carbocycles. The SMILES string of the molecule is Cc1ccc(SOCCOCCOCCOCCOCCO)cc1. The fourth-order valence-electron chi connectivity index (χ4n) is 1.62. The van der Waals surface area contributed by atoms with Crippen LogP contribution in [0.4, 0.5) is 0 Å². The summed E-state index contributed by atoms with van der Waals surface area (Å²) >= 11 is 1.36. The van der Waals surface area contributed by atoms with Gasteiger partial charge in [0.1, 0.15) is 0 Å². The first-order chi connectivity index (χ1) is 11.8. The van der Waals surface area contributed by atoms with Crippen LogP contribution in [0.5, 0.6) is 0 Å². The van der Waals surface area contributed by atoms with Gasteiger partial charge in [-0.05, 0) is 19.1 Å². The number of ether oxygens (including phenoxy) is 4. The van der Waals surface area contributed by atoms with E-state index < -0.39 is 0 Å². The lowest BCUT2D eigenvalue weighted by Gasteiger charge is -2.07. The molecule has 0 aliphatic carbocycles. The summed E-state index contributed by atoms with van der Waals surface area (Å²) in [5, 5.41) is 8.51. The molecule has 0 spiro atoms. The third kappa shape index (κ3) is 12.7. The summed E-state index contributed by atoms with van der Waals surface area (Å²) in [6.07, 6.45) is 0. The fraction of sp³-hybridized carbons (Fsp3) is 0.647. The van der Waals surface area contributed by atoms with Crippen LogP contribution in [0.2, 0.25) is 0 Å². The van der Waals surface area contributed by atoms with E-state index in [-0.39, 0.29) is 6.61 Å². The minimum absolute atomic E-state index is 0.0405. The van der Waals surface area contributed by atoms with Gasteiger partial charge in [-0.25, -0.2) is 0 Å². The van der Waals surface area contributed by atoms with Crippen LogP contribution in [-0.4, -0.2) is 71.2 Å². The third-order valence-corrected chi connectivity index (χ3v) is 3.59. The number of hydrogen-bond acceptors (Lipinski definition) is 7. The van der Waals surface area contributed by atoms with Crippen LogP contribution < -0.4 is 0 Å². The largest absolute Gasteiger partial charge is 0.394 e. The van der Waals surface area contributed by atoms with Crippen LogP contribution in [0.3, 0.4) is 0 Å². The summed E-state index contributed by atoms with van der Waals surface area (Å²) in [5.74, 6) is 0. The van der Waals surface area contributed by atoms with Crippen LogP contribution >= 0.6 is 12.0 Å². The Balaban J connectivity index is 1.75. The van der Waals surface area contributed by atoms with Crippen LogP contribution in [0.1, 0.15) is 5.56 Å². The molecule has 7 heteroatoms. The van der Waals surface area contributed by atoms with Gasteiger partial charge in [-0.1, -0.05) is 17.7 Å². The van der Waals surface area contributed by atoms with Crippen LogP contribution in [0, 0.1) is 6.92 Å². The average Bonchev–Trinajstić information content (AvgIpc) is 2.60. The Morgan fingerprint density at radius 2 is 1.17 bits per heavy atom. The molecule has 1 N–H and O–H groups in total. The highest BCUT2D eigenvalue weighted by Gasteiger charge is 1.96. The molecule has 1 aromatic rings. The number of benzene rings is 1. The first-order valence-corrected chi connectivity index (χ1v) is 8.85. The van der Waals surface area contributed by atoms with Crippen molar-refractivity contribution >= 4 is 12.0 Å². The van der Waals surface area contributed by atoms with E-state index in [0.29, 0.717) is 59.5 Å². The number of aliphatic hydroxyl groups is 1. The maximum Gasteiger partial charge on any atom is 0.0852 e. The van der Waals surface area contributed by atoms with Crippen molar-refractivity contribution in [1.29, 1.82) is 0 Å². The summed E-state index contributed by atoms with van der Waals surface area (Å²) in [5.41, 5.74) is 1.24. The van der Waals surface area contributed by atoms with Gasteiger partial charge in [0.05, 0.1) is 66.1 Å². The first kappa shape index (κ1) is 21.4. The van der Waals surface area contributed by atoms with Gasteiger partial charge in [0.25, 0.3) is 0 Å². The van der Waals surface area contributed by atoms with Crippen molar-refractivity contribution in [2.75, 3.05) is 66.1 Å². The van der Waals surface area contributed by atoms with Gasteiger partial charge in [-0.15, -0.1) is 0 Å². The molecule has 0 fully saturated rings. The molecule has 0 radical (unpaired) electrons. The molecule has 0 saturated heterocycles. The standard InChI is InChI=1S/C17H28O6S/c1-16-2-4-17(5-3-16)24-23-15-14-22-13-12-21-11-10-20-9-8-19-7-6-18/h2-5,18H,6-15H2,1H3. The van der Waals surface area contributed by atoms with E-state index in [1.165, 1.54) is 17.6 Å². The third-order valence-electron chi connectivity index (χ3n) is 2.84. The Hall–Kier alpha value is -0.670. The predicted molar refractivity (Wildman–Crippen MR) is 93.3 cm³/mol. The van der Waals surface area contributed by atoms with Crippen molar-refractivity contribution in [1.82, 2.24) is 0 Å². The number of hydrogen-bond donors (Lipinski definition) is 1. The highest BCUT2D eigenvalue weighted by molar-refractivity contribution is 7.94. The quantitative estimate of drug-likeness (QED) is 0.358. The lowest BCUT2D eigenvalue weighted by molar-refractivity contribution is -0.00733. The van der Waals surface area contributed by atoms with Gasteiger partial charge >= 0.3 is 0 Å². The molecule has 0 atom stereocenters. The Kier molecular flexibility index (Phi) is 14.1. The Morgan fingerprint density at radius 1 is 0.708 bits per heavy atom. The lowest BCUT2D eigenvalue weighted by Crippen LogP contribution is -2.13. The molecule has 0 heterocycles. The van der Waals surface area contributed by atoms with Gasteiger partial charge < -0.3 is 28.2 Å². The van der Waals surface area contributed by atoms with Gasteiger partial charge in [0, 0.05) is 16.9 Å². The van der Waals surface area contributed by atoms with E-state index in [2.05, 4.69) is 19.1 Å². The highest BCUT2D eigenvalue weighted by atomic mass is 32.2. The second-order valence-electron chi connectivity index (χ2n) is 4.89. The average molecular weight is 360 g/mol. The first-order valence-electron chi connectivity index (χ1n) is 8.11. The predicted octanol–water partition coefficient (Wildman–Crippen LogP) is 2.08. The summed E-state index contributed by atoms with van der Waals surface area (Å²) in [6.45, 7) is 6.67. The van der Waals surface area contributed by atoms with Crippen molar-refractivity contribution in [3.8, 4) is 0 Å². The molecule has 0 aliphatic heterocycles. The van der Waals surface area contributed by atoms with Crippen molar-refractivity contribution in [2.45, 2.75) is 11.8 Å². The zero-order valence-corrected chi connectivity index (χ0v) is 15.1. The van der Waals surface area contributed by atoms with Crippen LogP contribution in [0.15, 0.2) is 29.2 Å². The van der Waals surface area contributed by atoms with E-state index in [1.54, 1.807) is 0 Å². The summed E-state index contributed by atoms with van der Waals surface area (Å²) in [7, 11) is 0. The molecule has 24 heavy (non-hydrogen) atoms. The fourth-order valence-corrected chi connectivity index (χ4v) is 2.16. The maximum absolute atomic E-state index is 8.51. The molecular weight excluding hydrogens is 332 g/mol. The molecule has 0 unspecified atom stereocenters. The molecule has 0 aliphatic rings. The molecule has 0 aromatic heterocycles. The van der Waals surface area contributed by atoms with E-state index in [1.807, 2.05) is 12.1 Å². The number of aliphatic hydroxyl groups excluding tert-OH is 1. The molecule has 0 saturated carbocycles. The van der Waals surface area contributed by atoms with Crippen molar-refractivity contribution in [3.05, 3.63) is 29.8 Å². The lowest BCUT2D eigenvalue weighted by atomic mass is 10.2. The zero-order chi connectivity index (χ0) is 17.3. The second-order valence-corrected chi connectivity index (χ2v) is 5.77. The van der Waals surface area contributed by atoms with Gasteiger partial charge in [0.2, 0.25) is 0 Å². The molecule has 0 bridgehead atoms. The molecule has 6 nitrogen and oxygen atoms in total. The monoisotopic (exact) mass is 360 g/mol.